The van der Waals surface area contributed by atoms with Crippen molar-refractivity contribution < 1.29 is 0 Å². The maximum absolute atomic E-state index is 6.29. The van der Waals surface area contributed by atoms with Gasteiger partial charge in [0.05, 0.1) is 16.4 Å². The Labute approximate surface area is 128 Å². The lowest BCUT2D eigenvalue weighted by molar-refractivity contribution is 0.882. The van der Waals surface area contributed by atoms with Crippen LogP contribution in [0.1, 0.15) is 23.7 Å². The monoisotopic (exact) mass is 304 g/mol. The van der Waals surface area contributed by atoms with Crippen molar-refractivity contribution in [2.24, 2.45) is 0 Å². The van der Waals surface area contributed by atoms with Crippen LogP contribution in [0.5, 0.6) is 0 Å². The zero-order valence-corrected chi connectivity index (χ0v) is 12.8. The van der Waals surface area contributed by atoms with E-state index in [1.54, 1.807) is 0 Å². The molecule has 2 nitrogen and oxygen atoms in total. The zero-order valence-electron chi connectivity index (χ0n) is 11.3. The molecule has 0 bridgehead atoms. The van der Waals surface area contributed by atoms with E-state index in [2.05, 4.69) is 34.7 Å². The minimum absolute atomic E-state index is 0.179. The van der Waals surface area contributed by atoms with Crippen LogP contribution in [0.25, 0.3) is 16.7 Å². The molecule has 0 aliphatic carbocycles. The van der Waals surface area contributed by atoms with Crippen molar-refractivity contribution in [2.75, 3.05) is 0 Å². The lowest BCUT2D eigenvalue weighted by atomic mass is 10.2. The molecule has 3 rings (SSSR count). The highest BCUT2D eigenvalue weighted by Crippen LogP contribution is 2.29. The van der Waals surface area contributed by atoms with Crippen LogP contribution in [-0.4, -0.2) is 9.55 Å². The predicted molar refractivity (Wildman–Crippen MR) is 85.1 cm³/mol. The summed E-state index contributed by atoms with van der Waals surface area (Å²) in [4.78, 5) is 4.63. The molecule has 0 spiro atoms. The topological polar surface area (TPSA) is 17.8 Å². The normalized spacial score (nSPS) is 12.8. The van der Waals surface area contributed by atoms with E-state index in [4.69, 9.17) is 23.2 Å². The number of alkyl halides is 1. The van der Waals surface area contributed by atoms with Crippen LogP contribution in [0.15, 0.2) is 42.5 Å². The summed E-state index contributed by atoms with van der Waals surface area (Å²) in [6.07, 6.45) is 0. The van der Waals surface area contributed by atoms with Crippen molar-refractivity contribution in [3.8, 4) is 5.69 Å². The molecule has 0 radical (unpaired) electrons. The van der Waals surface area contributed by atoms with E-state index in [0.29, 0.717) is 5.02 Å². The third-order valence-corrected chi connectivity index (χ3v) is 3.69. The Balaban J connectivity index is 2.36. The Morgan fingerprint density at radius 1 is 1.15 bits per heavy atom. The lowest BCUT2D eigenvalue weighted by Gasteiger charge is -2.11. The Hall–Kier alpha value is -1.51. The van der Waals surface area contributed by atoms with Gasteiger partial charge in [0, 0.05) is 10.7 Å². The molecule has 102 valence electrons. The molecule has 3 aromatic rings. The van der Waals surface area contributed by atoms with Gasteiger partial charge < -0.3 is 0 Å². The predicted octanol–water partition coefficient (Wildman–Crippen LogP) is 5.29. The minimum Gasteiger partial charge on any atom is -0.295 e. The molecule has 0 saturated carbocycles. The summed E-state index contributed by atoms with van der Waals surface area (Å²) in [5, 5.41) is 0.516. The van der Waals surface area contributed by atoms with Crippen molar-refractivity contribution in [1.29, 1.82) is 0 Å². The second kappa shape index (κ2) is 5.12. The maximum atomic E-state index is 6.29. The van der Waals surface area contributed by atoms with Gasteiger partial charge in [-0.05, 0) is 49.7 Å². The van der Waals surface area contributed by atoms with Crippen LogP contribution in [0.4, 0.5) is 0 Å². The van der Waals surface area contributed by atoms with E-state index < -0.39 is 0 Å². The van der Waals surface area contributed by atoms with Gasteiger partial charge in [0.25, 0.3) is 0 Å². The third kappa shape index (κ3) is 2.30. The van der Waals surface area contributed by atoms with Crippen molar-refractivity contribution in [2.45, 2.75) is 19.2 Å². The number of halogens is 2. The highest BCUT2D eigenvalue weighted by atomic mass is 35.5. The number of rotatable bonds is 2. The smallest absolute Gasteiger partial charge is 0.132 e. The van der Waals surface area contributed by atoms with Gasteiger partial charge >= 0.3 is 0 Å². The molecule has 20 heavy (non-hydrogen) atoms. The van der Waals surface area contributed by atoms with Gasteiger partial charge in [-0.1, -0.05) is 23.7 Å². The van der Waals surface area contributed by atoms with Gasteiger partial charge in [0.15, 0.2) is 0 Å². The quantitative estimate of drug-likeness (QED) is 0.588. The van der Waals surface area contributed by atoms with Crippen LogP contribution < -0.4 is 0 Å². The van der Waals surface area contributed by atoms with E-state index in [0.717, 1.165) is 22.5 Å². The summed E-state index contributed by atoms with van der Waals surface area (Å²) in [5.41, 5.74) is 4.13. The number of aromatic nitrogens is 2. The Morgan fingerprint density at radius 3 is 2.65 bits per heavy atom. The fraction of sp³-hybridized carbons (Fsp3) is 0.188. The van der Waals surface area contributed by atoms with Crippen molar-refractivity contribution in [3.05, 3.63) is 58.9 Å². The largest absolute Gasteiger partial charge is 0.295 e. The highest BCUT2D eigenvalue weighted by molar-refractivity contribution is 6.31. The van der Waals surface area contributed by atoms with Crippen molar-refractivity contribution in [3.63, 3.8) is 0 Å². The second-order valence-corrected chi connectivity index (χ2v) is 5.98. The molecule has 0 N–H and O–H groups in total. The summed E-state index contributed by atoms with van der Waals surface area (Å²) < 4.78 is 2.08. The molecule has 0 amide bonds. The van der Waals surface area contributed by atoms with Crippen LogP contribution in [0.2, 0.25) is 5.02 Å². The van der Waals surface area contributed by atoms with Gasteiger partial charge in [0.1, 0.15) is 5.82 Å². The van der Waals surface area contributed by atoms with E-state index in [-0.39, 0.29) is 5.38 Å². The van der Waals surface area contributed by atoms with Gasteiger partial charge in [-0.25, -0.2) is 4.98 Å². The second-order valence-electron chi connectivity index (χ2n) is 4.89. The minimum atomic E-state index is -0.179. The SMILES string of the molecule is Cc1cccc(-n2c(C(C)Cl)nc3ccc(Cl)cc32)c1. The number of nitrogens with zero attached hydrogens (tertiary/aromatic N) is 2. The van der Waals surface area contributed by atoms with Crippen LogP contribution in [-0.2, 0) is 0 Å². The van der Waals surface area contributed by atoms with Gasteiger partial charge in [0.2, 0.25) is 0 Å². The van der Waals surface area contributed by atoms with Gasteiger partial charge in [-0.2, -0.15) is 0 Å². The number of hydrogen-bond donors (Lipinski definition) is 0. The van der Waals surface area contributed by atoms with Crippen LogP contribution >= 0.6 is 23.2 Å². The molecule has 0 saturated heterocycles. The summed E-state index contributed by atoms with van der Waals surface area (Å²) in [7, 11) is 0. The average Bonchev–Trinajstić information content (AvgIpc) is 2.77. The molecular formula is C16H14Cl2N2. The molecule has 1 atom stereocenters. The molecule has 0 aliphatic rings. The zero-order chi connectivity index (χ0) is 14.3. The van der Waals surface area contributed by atoms with E-state index >= 15 is 0 Å². The fourth-order valence-corrected chi connectivity index (χ4v) is 2.69. The molecule has 2 aromatic carbocycles. The maximum Gasteiger partial charge on any atom is 0.132 e. The molecule has 0 aliphatic heterocycles. The lowest BCUT2D eigenvalue weighted by Crippen LogP contribution is -2.02. The molecule has 1 heterocycles. The average molecular weight is 305 g/mol. The first-order valence-electron chi connectivity index (χ1n) is 6.45. The third-order valence-electron chi connectivity index (χ3n) is 3.26. The summed E-state index contributed by atoms with van der Waals surface area (Å²) in [5.74, 6) is 0.828. The number of fused-ring (bicyclic) bond motifs is 1. The Kier molecular flexibility index (Phi) is 3.45. The van der Waals surface area contributed by atoms with Gasteiger partial charge in [-0.15, -0.1) is 11.6 Å². The van der Waals surface area contributed by atoms with Gasteiger partial charge in [-0.3, -0.25) is 4.57 Å². The Morgan fingerprint density at radius 2 is 1.95 bits per heavy atom. The first-order chi connectivity index (χ1) is 9.56. The van der Waals surface area contributed by atoms with E-state index in [1.807, 2.05) is 31.2 Å². The van der Waals surface area contributed by atoms with Crippen molar-refractivity contribution in [1.82, 2.24) is 9.55 Å². The first kappa shape index (κ1) is 13.5. The summed E-state index contributed by atoms with van der Waals surface area (Å²) >= 11 is 12.4. The fourth-order valence-electron chi connectivity index (χ4n) is 2.37. The van der Waals surface area contributed by atoms with Crippen LogP contribution in [0.3, 0.4) is 0 Å². The Bertz CT molecular complexity index is 775. The molecule has 1 aromatic heterocycles. The standard InChI is InChI=1S/C16H14Cl2N2/c1-10-4-3-5-13(8-10)20-15-9-12(18)6-7-14(15)19-16(20)11(2)17/h3-9,11H,1-2H3. The molecule has 0 fully saturated rings. The highest BCUT2D eigenvalue weighted by Gasteiger charge is 2.16. The summed E-state index contributed by atoms with van der Waals surface area (Å²) in [6, 6.07) is 14.0. The molecule has 1 unspecified atom stereocenters. The molecular weight excluding hydrogens is 291 g/mol. The summed E-state index contributed by atoms with van der Waals surface area (Å²) in [6.45, 7) is 4.00. The molecule has 4 heteroatoms. The number of hydrogen-bond acceptors (Lipinski definition) is 1. The number of imidazole rings is 1. The number of aryl methyl sites for hydroxylation is 1. The number of benzene rings is 2. The van der Waals surface area contributed by atoms with E-state index in [1.165, 1.54) is 5.56 Å². The van der Waals surface area contributed by atoms with E-state index in [9.17, 15) is 0 Å². The van der Waals surface area contributed by atoms with Crippen LogP contribution in [0, 0.1) is 6.92 Å². The first-order valence-corrected chi connectivity index (χ1v) is 7.27. The van der Waals surface area contributed by atoms with Crippen molar-refractivity contribution >= 4 is 34.2 Å².